The van der Waals surface area contributed by atoms with Crippen LogP contribution in [0.5, 0.6) is 0 Å². The lowest BCUT2D eigenvalue weighted by atomic mass is 10.0. The zero-order valence-corrected chi connectivity index (χ0v) is 10.6. The van der Waals surface area contributed by atoms with Gasteiger partial charge in [-0.05, 0) is 17.7 Å². The molecule has 21 heavy (non-hydrogen) atoms. The molecule has 1 N–H and O–H groups in total. The van der Waals surface area contributed by atoms with Crippen LogP contribution in [-0.2, 0) is 4.79 Å². The average Bonchev–Trinajstić information content (AvgIpc) is 2.99. The van der Waals surface area contributed by atoms with Crippen molar-refractivity contribution in [1.82, 2.24) is 5.32 Å². The summed E-state index contributed by atoms with van der Waals surface area (Å²) >= 11 is 0. The van der Waals surface area contributed by atoms with Gasteiger partial charge in [0.15, 0.2) is 0 Å². The lowest BCUT2D eigenvalue weighted by Gasteiger charge is -2.21. The van der Waals surface area contributed by atoms with Crippen LogP contribution in [-0.4, -0.2) is 18.3 Å². The van der Waals surface area contributed by atoms with Crippen molar-refractivity contribution in [3.8, 4) is 0 Å². The molecule has 0 bridgehead atoms. The molecule has 0 spiro atoms. The largest absolute Gasteiger partial charge is 0.467 e. The van der Waals surface area contributed by atoms with Crippen LogP contribution in [0.1, 0.15) is 17.4 Å². The van der Waals surface area contributed by atoms with Crippen molar-refractivity contribution >= 4 is 5.91 Å². The van der Waals surface area contributed by atoms with E-state index >= 15 is 0 Å². The van der Waals surface area contributed by atoms with E-state index < -0.39 is 24.3 Å². The Morgan fingerprint density at radius 3 is 2.29 bits per heavy atom. The number of carbonyl (C=O) groups is 1. The third-order valence-electron chi connectivity index (χ3n) is 2.81. The van der Waals surface area contributed by atoms with E-state index in [2.05, 4.69) is 0 Å². The Hall–Kier alpha value is -2.31. The van der Waals surface area contributed by atoms with Crippen LogP contribution in [0.15, 0.2) is 53.1 Å². The first-order valence-corrected chi connectivity index (χ1v) is 5.98. The van der Waals surface area contributed by atoms with Gasteiger partial charge in [-0.15, -0.1) is 0 Å². The Balaban J connectivity index is 2.28. The Morgan fingerprint density at radius 2 is 1.76 bits per heavy atom. The van der Waals surface area contributed by atoms with Gasteiger partial charge in [0.1, 0.15) is 11.8 Å². The van der Waals surface area contributed by atoms with Gasteiger partial charge in [0.25, 0.3) is 5.91 Å². The van der Waals surface area contributed by atoms with E-state index in [4.69, 9.17) is 4.42 Å². The zero-order chi connectivity index (χ0) is 15.5. The van der Waals surface area contributed by atoms with Crippen LogP contribution in [0.4, 0.5) is 17.6 Å². The zero-order valence-electron chi connectivity index (χ0n) is 10.6. The number of alkyl halides is 4. The highest BCUT2D eigenvalue weighted by molar-refractivity contribution is 5.84. The molecule has 0 aliphatic carbocycles. The molecule has 7 heteroatoms. The summed E-state index contributed by atoms with van der Waals surface area (Å²) in [5.74, 6) is -6.65. The lowest BCUT2D eigenvalue weighted by Crippen LogP contribution is -2.46. The Labute approximate surface area is 117 Å². The fourth-order valence-electron chi connectivity index (χ4n) is 1.75. The second kappa shape index (κ2) is 5.99. The van der Waals surface area contributed by atoms with Crippen LogP contribution < -0.4 is 5.32 Å². The standard InChI is InChI=1S/C14H11F4NO2/c15-12(16)14(17,18)13(20)19-11(10-7-4-8-21-10)9-5-2-1-3-6-9/h1-8,11-12H,(H,19,20). The smallest absolute Gasteiger partial charge is 0.383 e. The highest BCUT2D eigenvalue weighted by atomic mass is 19.3. The number of amides is 1. The topological polar surface area (TPSA) is 42.2 Å². The molecule has 1 unspecified atom stereocenters. The van der Waals surface area contributed by atoms with Crippen LogP contribution >= 0.6 is 0 Å². The highest BCUT2D eigenvalue weighted by Gasteiger charge is 2.49. The van der Waals surface area contributed by atoms with Crippen LogP contribution in [0.2, 0.25) is 0 Å². The molecule has 1 heterocycles. The quantitative estimate of drug-likeness (QED) is 0.860. The summed E-state index contributed by atoms with van der Waals surface area (Å²) < 4.78 is 55.7. The molecule has 0 fully saturated rings. The molecular weight excluding hydrogens is 290 g/mol. The van der Waals surface area contributed by atoms with Crippen molar-refractivity contribution in [1.29, 1.82) is 0 Å². The molecule has 112 valence electrons. The van der Waals surface area contributed by atoms with E-state index in [1.54, 1.807) is 30.3 Å². The molecule has 0 aliphatic heterocycles. The highest BCUT2D eigenvalue weighted by Crippen LogP contribution is 2.27. The molecule has 1 atom stereocenters. The second-order valence-corrected chi connectivity index (χ2v) is 4.26. The predicted octanol–water partition coefficient (Wildman–Crippen LogP) is 3.39. The summed E-state index contributed by atoms with van der Waals surface area (Å²) in [6.07, 6.45) is -2.78. The maximum Gasteiger partial charge on any atom is 0.383 e. The fraction of sp³-hybridized carbons (Fsp3) is 0.214. The molecular formula is C14H11F4NO2. The van der Waals surface area contributed by atoms with Gasteiger partial charge in [0.2, 0.25) is 0 Å². The van der Waals surface area contributed by atoms with E-state index in [0.717, 1.165) is 0 Å². The molecule has 0 saturated carbocycles. The summed E-state index contributed by atoms with van der Waals surface area (Å²) in [6, 6.07) is 9.96. The number of hydrogen-bond donors (Lipinski definition) is 1. The van der Waals surface area contributed by atoms with Crippen molar-refractivity contribution in [2.45, 2.75) is 18.4 Å². The van der Waals surface area contributed by atoms with Gasteiger partial charge in [-0.25, -0.2) is 8.78 Å². The van der Waals surface area contributed by atoms with Gasteiger partial charge in [0, 0.05) is 0 Å². The van der Waals surface area contributed by atoms with Gasteiger partial charge < -0.3 is 9.73 Å². The molecule has 2 rings (SSSR count). The SMILES string of the molecule is O=C(NC(c1ccccc1)c1ccco1)C(F)(F)C(F)F. The first kappa shape index (κ1) is 15.1. The van der Waals surface area contributed by atoms with E-state index in [1.165, 1.54) is 18.4 Å². The summed E-state index contributed by atoms with van der Waals surface area (Å²) in [5.41, 5.74) is 0.436. The second-order valence-electron chi connectivity index (χ2n) is 4.26. The number of furan rings is 1. The number of halogens is 4. The predicted molar refractivity (Wildman–Crippen MR) is 66.1 cm³/mol. The Morgan fingerprint density at radius 1 is 1.10 bits per heavy atom. The Kier molecular flexibility index (Phi) is 4.30. The number of hydrogen-bond acceptors (Lipinski definition) is 2. The summed E-state index contributed by atoms with van der Waals surface area (Å²) in [7, 11) is 0. The van der Waals surface area contributed by atoms with Crippen molar-refractivity contribution in [2.24, 2.45) is 0 Å². The normalized spacial score (nSPS) is 13.2. The number of benzene rings is 1. The third kappa shape index (κ3) is 3.24. The molecule has 0 saturated heterocycles. The molecule has 2 aromatic rings. The van der Waals surface area contributed by atoms with Gasteiger partial charge >= 0.3 is 12.3 Å². The van der Waals surface area contributed by atoms with Crippen molar-refractivity contribution in [3.05, 3.63) is 60.1 Å². The minimum atomic E-state index is -4.76. The van der Waals surface area contributed by atoms with E-state index in [9.17, 15) is 22.4 Å². The van der Waals surface area contributed by atoms with Crippen molar-refractivity contribution in [2.75, 3.05) is 0 Å². The fourth-order valence-corrected chi connectivity index (χ4v) is 1.75. The summed E-state index contributed by atoms with van der Waals surface area (Å²) in [6.45, 7) is 0. The van der Waals surface area contributed by atoms with Crippen LogP contribution in [0.25, 0.3) is 0 Å². The average molecular weight is 301 g/mol. The van der Waals surface area contributed by atoms with Gasteiger partial charge in [0.05, 0.1) is 6.26 Å². The Bertz CT molecular complexity index is 584. The molecule has 3 nitrogen and oxygen atoms in total. The molecule has 1 aromatic carbocycles. The minimum Gasteiger partial charge on any atom is -0.467 e. The first-order chi connectivity index (χ1) is 9.93. The number of nitrogens with one attached hydrogen (secondary N) is 1. The molecule has 0 aliphatic rings. The summed E-state index contributed by atoms with van der Waals surface area (Å²) in [4.78, 5) is 11.4. The van der Waals surface area contributed by atoms with Crippen molar-refractivity contribution < 1.29 is 26.8 Å². The van der Waals surface area contributed by atoms with Gasteiger partial charge in [-0.3, -0.25) is 4.79 Å². The van der Waals surface area contributed by atoms with E-state index in [-0.39, 0.29) is 5.76 Å². The molecule has 1 amide bonds. The monoisotopic (exact) mass is 301 g/mol. The van der Waals surface area contributed by atoms with Crippen molar-refractivity contribution in [3.63, 3.8) is 0 Å². The minimum absolute atomic E-state index is 0.166. The van der Waals surface area contributed by atoms with Crippen LogP contribution in [0, 0.1) is 0 Å². The molecule has 1 aromatic heterocycles. The number of rotatable bonds is 5. The molecule has 0 radical (unpaired) electrons. The van der Waals surface area contributed by atoms with E-state index in [0.29, 0.717) is 5.56 Å². The number of carbonyl (C=O) groups excluding carboxylic acids is 1. The third-order valence-corrected chi connectivity index (χ3v) is 2.81. The van der Waals surface area contributed by atoms with Gasteiger partial charge in [-0.1, -0.05) is 30.3 Å². The first-order valence-electron chi connectivity index (χ1n) is 5.98. The van der Waals surface area contributed by atoms with Gasteiger partial charge in [-0.2, -0.15) is 8.78 Å². The summed E-state index contributed by atoms with van der Waals surface area (Å²) in [5, 5.41) is 1.89. The maximum atomic E-state index is 13.1. The maximum absolute atomic E-state index is 13.1. The lowest BCUT2D eigenvalue weighted by molar-refractivity contribution is -0.170. The van der Waals surface area contributed by atoms with Crippen LogP contribution in [0.3, 0.4) is 0 Å². The van der Waals surface area contributed by atoms with E-state index in [1.807, 2.05) is 5.32 Å².